The Bertz CT molecular complexity index is 946. The van der Waals surface area contributed by atoms with Gasteiger partial charge in [-0.2, -0.15) is 0 Å². The molecule has 2 nitrogen and oxygen atoms in total. The summed E-state index contributed by atoms with van der Waals surface area (Å²) in [6, 6.07) is 22.0. The summed E-state index contributed by atoms with van der Waals surface area (Å²) in [6.07, 6.45) is 1.63. The molecule has 0 radical (unpaired) electrons. The molecule has 0 saturated heterocycles. The zero-order valence-corrected chi connectivity index (χ0v) is 13.9. The molecule has 122 valence electrons. The zero-order valence-electron chi connectivity index (χ0n) is 13.9. The van der Waals surface area contributed by atoms with E-state index in [9.17, 15) is 9.59 Å². The lowest BCUT2D eigenvalue weighted by molar-refractivity contribution is 0.111. The normalized spacial score (nSPS) is 9.23. The van der Waals surface area contributed by atoms with Crippen LogP contribution in [0.1, 0.15) is 43.0 Å². The summed E-state index contributed by atoms with van der Waals surface area (Å²) in [6.45, 7) is 0. The van der Waals surface area contributed by atoms with E-state index in [1.54, 1.807) is 24.3 Å². The van der Waals surface area contributed by atoms with Crippen molar-refractivity contribution in [1.29, 1.82) is 0 Å². The summed E-state index contributed by atoms with van der Waals surface area (Å²) in [7, 11) is 0. The van der Waals surface area contributed by atoms with Gasteiger partial charge in [-0.3, -0.25) is 9.59 Å². The molecule has 0 aliphatic rings. The highest BCUT2D eigenvalue weighted by molar-refractivity contribution is 5.75. The Morgan fingerprint density at radius 1 is 0.423 bits per heavy atom. The van der Waals surface area contributed by atoms with Crippen molar-refractivity contribution in [2.75, 3.05) is 0 Å². The molecule has 3 rings (SSSR count). The van der Waals surface area contributed by atoms with Gasteiger partial charge >= 0.3 is 0 Å². The molecular weight excluding hydrogens is 320 g/mol. The third-order valence-electron chi connectivity index (χ3n) is 3.68. The Hall–Kier alpha value is -3.88. The van der Waals surface area contributed by atoms with Gasteiger partial charge in [0.15, 0.2) is 0 Å². The number of rotatable bonds is 2. The van der Waals surface area contributed by atoms with Crippen molar-refractivity contribution in [3.8, 4) is 23.7 Å². The van der Waals surface area contributed by atoms with E-state index in [-0.39, 0.29) is 0 Å². The summed E-state index contributed by atoms with van der Waals surface area (Å²) >= 11 is 0. The van der Waals surface area contributed by atoms with E-state index in [4.69, 9.17) is 0 Å². The van der Waals surface area contributed by atoms with Gasteiger partial charge in [0.2, 0.25) is 0 Å². The lowest BCUT2D eigenvalue weighted by Crippen LogP contribution is -1.81. The fraction of sp³-hybridized carbons (Fsp3) is 0. The summed E-state index contributed by atoms with van der Waals surface area (Å²) in [5.74, 6) is 12.3. The molecule has 3 aromatic carbocycles. The van der Waals surface area contributed by atoms with Crippen LogP contribution in [-0.4, -0.2) is 12.6 Å². The summed E-state index contributed by atoms with van der Waals surface area (Å²) in [5.41, 5.74) is 4.78. The van der Waals surface area contributed by atoms with Crippen molar-refractivity contribution in [2.45, 2.75) is 0 Å². The van der Waals surface area contributed by atoms with Gasteiger partial charge in [-0.15, -0.1) is 0 Å². The Balaban J connectivity index is 1.70. The molecule has 0 aliphatic carbocycles. The SMILES string of the molecule is O=Cc1ccc(C#Cc2ccc(C#Cc3ccc(C=O)cc3)cc2)cc1. The lowest BCUT2D eigenvalue weighted by atomic mass is 10.1. The molecule has 0 aliphatic heterocycles. The van der Waals surface area contributed by atoms with E-state index in [1.165, 1.54) is 0 Å². The molecule has 0 fully saturated rings. The van der Waals surface area contributed by atoms with Crippen LogP contribution in [0.4, 0.5) is 0 Å². The number of aldehydes is 2. The molecule has 26 heavy (non-hydrogen) atoms. The van der Waals surface area contributed by atoms with Gasteiger partial charge in [0.1, 0.15) is 12.6 Å². The highest BCUT2D eigenvalue weighted by Crippen LogP contribution is 2.05. The lowest BCUT2D eigenvalue weighted by Gasteiger charge is -1.94. The number of carbonyl (C=O) groups excluding carboxylic acids is 2. The number of hydrogen-bond acceptors (Lipinski definition) is 2. The van der Waals surface area contributed by atoms with Crippen LogP contribution in [0, 0.1) is 23.7 Å². The minimum atomic E-state index is 0.638. The van der Waals surface area contributed by atoms with Crippen LogP contribution in [-0.2, 0) is 0 Å². The van der Waals surface area contributed by atoms with E-state index in [1.807, 2.05) is 48.5 Å². The molecule has 0 saturated carbocycles. The first-order valence-electron chi connectivity index (χ1n) is 8.01. The van der Waals surface area contributed by atoms with Gasteiger partial charge in [0.05, 0.1) is 0 Å². The number of hydrogen-bond donors (Lipinski definition) is 0. The summed E-state index contributed by atoms with van der Waals surface area (Å²) in [4.78, 5) is 21.3. The minimum absolute atomic E-state index is 0.638. The Labute approximate surface area is 152 Å². The molecule has 0 atom stereocenters. The average molecular weight is 334 g/mol. The topological polar surface area (TPSA) is 34.1 Å². The van der Waals surface area contributed by atoms with Gasteiger partial charge in [-0.05, 0) is 48.5 Å². The highest BCUT2D eigenvalue weighted by Gasteiger charge is 1.92. The quantitative estimate of drug-likeness (QED) is 0.522. The van der Waals surface area contributed by atoms with Crippen molar-refractivity contribution >= 4 is 12.6 Å². The first kappa shape index (κ1) is 17.0. The molecule has 0 spiro atoms. The van der Waals surface area contributed by atoms with E-state index in [0.717, 1.165) is 34.8 Å². The van der Waals surface area contributed by atoms with Crippen LogP contribution in [0.2, 0.25) is 0 Å². The van der Waals surface area contributed by atoms with E-state index < -0.39 is 0 Å². The largest absolute Gasteiger partial charge is 0.298 e. The van der Waals surface area contributed by atoms with Crippen LogP contribution in [0.25, 0.3) is 0 Å². The maximum absolute atomic E-state index is 10.6. The molecule has 0 aromatic heterocycles. The third kappa shape index (κ3) is 4.57. The van der Waals surface area contributed by atoms with Crippen LogP contribution >= 0.6 is 0 Å². The van der Waals surface area contributed by atoms with Crippen LogP contribution in [0.5, 0.6) is 0 Å². The van der Waals surface area contributed by atoms with Crippen molar-refractivity contribution in [2.24, 2.45) is 0 Å². The summed E-state index contributed by atoms with van der Waals surface area (Å²) in [5, 5.41) is 0. The van der Waals surface area contributed by atoms with Crippen molar-refractivity contribution in [3.63, 3.8) is 0 Å². The molecule has 0 bridgehead atoms. The fourth-order valence-electron chi connectivity index (χ4n) is 2.22. The predicted molar refractivity (Wildman–Crippen MR) is 102 cm³/mol. The molecule has 0 heterocycles. The van der Waals surface area contributed by atoms with Gasteiger partial charge in [0, 0.05) is 33.4 Å². The minimum Gasteiger partial charge on any atom is -0.298 e. The maximum Gasteiger partial charge on any atom is 0.150 e. The van der Waals surface area contributed by atoms with Gasteiger partial charge in [0.25, 0.3) is 0 Å². The van der Waals surface area contributed by atoms with Crippen LogP contribution in [0.15, 0.2) is 72.8 Å². The fourth-order valence-corrected chi connectivity index (χ4v) is 2.22. The van der Waals surface area contributed by atoms with Gasteiger partial charge < -0.3 is 0 Å². The molecule has 3 aromatic rings. The van der Waals surface area contributed by atoms with E-state index in [0.29, 0.717) is 11.1 Å². The van der Waals surface area contributed by atoms with Crippen molar-refractivity contribution in [3.05, 3.63) is 106 Å². The second-order valence-corrected chi connectivity index (χ2v) is 5.56. The second-order valence-electron chi connectivity index (χ2n) is 5.56. The zero-order chi connectivity index (χ0) is 18.2. The maximum atomic E-state index is 10.6. The van der Waals surface area contributed by atoms with Gasteiger partial charge in [-0.25, -0.2) is 0 Å². The molecule has 0 amide bonds. The van der Waals surface area contributed by atoms with E-state index in [2.05, 4.69) is 23.7 Å². The second kappa shape index (κ2) is 8.29. The highest BCUT2D eigenvalue weighted by atomic mass is 16.1. The van der Waals surface area contributed by atoms with Crippen LogP contribution < -0.4 is 0 Å². The number of benzene rings is 3. The third-order valence-corrected chi connectivity index (χ3v) is 3.68. The predicted octanol–water partition coefficient (Wildman–Crippen LogP) is 4.11. The molecular formula is C24H14O2. The number of carbonyl (C=O) groups is 2. The monoisotopic (exact) mass is 334 g/mol. The average Bonchev–Trinajstić information content (AvgIpc) is 2.72. The Kier molecular flexibility index (Phi) is 5.41. The first-order chi connectivity index (χ1) is 12.8. The molecule has 0 unspecified atom stereocenters. The van der Waals surface area contributed by atoms with Gasteiger partial charge in [-0.1, -0.05) is 47.9 Å². The van der Waals surface area contributed by atoms with Crippen molar-refractivity contribution < 1.29 is 9.59 Å². The Morgan fingerprint density at radius 2 is 0.654 bits per heavy atom. The smallest absolute Gasteiger partial charge is 0.150 e. The van der Waals surface area contributed by atoms with Crippen molar-refractivity contribution in [1.82, 2.24) is 0 Å². The first-order valence-corrected chi connectivity index (χ1v) is 8.01. The Morgan fingerprint density at radius 3 is 0.885 bits per heavy atom. The molecule has 0 N–H and O–H groups in total. The standard InChI is InChI=1S/C24H14O2/c25-17-23-13-9-21(10-14-23)7-5-19-1-2-20(4-3-19)6-8-22-11-15-24(18-26)16-12-22/h1-4,9-18H. The van der Waals surface area contributed by atoms with Crippen LogP contribution in [0.3, 0.4) is 0 Å². The summed E-state index contributed by atoms with van der Waals surface area (Å²) < 4.78 is 0. The van der Waals surface area contributed by atoms with E-state index >= 15 is 0 Å². The molecule has 2 heteroatoms.